The van der Waals surface area contributed by atoms with Crippen LogP contribution in [-0.4, -0.2) is 0 Å². The molecule has 0 spiro atoms. The zero-order chi connectivity index (χ0) is 11.0. The van der Waals surface area contributed by atoms with Gasteiger partial charge >= 0.3 is 5.63 Å². The van der Waals surface area contributed by atoms with Crippen molar-refractivity contribution < 1.29 is 4.42 Å². The molecule has 0 radical (unpaired) electrons. The molecule has 0 aliphatic rings. The highest BCUT2D eigenvalue weighted by Gasteiger charge is 2.07. The lowest BCUT2D eigenvalue weighted by Crippen LogP contribution is -2.05. The summed E-state index contributed by atoms with van der Waals surface area (Å²) in [5.74, 6) is 0. The lowest BCUT2D eigenvalue weighted by Gasteiger charge is -2.03. The molecule has 0 unspecified atom stereocenters. The molecule has 0 saturated carbocycles. The molecule has 1 aromatic carbocycles. The number of fused-ring (bicyclic) bond motifs is 1. The van der Waals surface area contributed by atoms with Gasteiger partial charge in [-0.1, -0.05) is 12.1 Å². The number of hydrogen-bond acceptors (Lipinski definition) is 2. The van der Waals surface area contributed by atoms with E-state index in [2.05, 4.69) is 4.85 Å². The Labute approximate surface area is 86.8 Å². The molecule has 0 aliphatic heterocycles. The number of benzene rings is 1. The maximum atomic E-state index is 11.4. The van der Waals surface area contributed by atoms with Gasteiger partial charge in [-0.25, -0.2) is 9.64 Å². The van der Waals surface area contributed by atoms with Crippen LogP contribution in [0.1, 0.15) is 11.1 Å². The fraction of sp³-hybridized carbons (Fsp3) is 0.167. The van der Waals surface area contributed by atoms with E-state index in [-0.39, 0.29) is 5.63 Å². The topological polar surface area (TPSA) is 34.6 Å². The Morgan fingerprint density at radius 2 is 2.00 bits per heavy atom. The van der Waals surface area contributed by atoms with E-state index in [1.807, 2.05) is 13.0 Å². The first-order valence-electron chi connectivity index (χ1n) is 4.55. The van der Waals surface area contributed by atoms with Crippen LogP contribution >= 0.6 is 0 Å². The molecule has 2 aromatic rings. The quantitative estimate of drug-likeness (QED) is 0.483. The fourth-order valence-corrected chi connectivity index (χ4v) is 1.51. The average molecular weight is 199 g/mol. The minimum absolute atomic E-state index is 0.331. The predicted molar refractivity (Wildman–Crippen MR) is 58.2 cm³/mol. The Bertz CT molecular complexity index is 632. The Balaban J connectivity index is 2.94. The first kappa shape index (κ1) is 9.47. The Hall–Kier alpha value is -2.08. The lowest BCUT2D eigenvalue weighted by molar-refractivity contribution is 0.554. The van der Waals surface area contributed by atoms with Gasteiger partial charge in [-0.05, 0) is 25.5 Å². The van der Waals surface area contributed by atoms with Gasteiger partial charge in [0.1, 0.15) is 5.58 Å². The molecule has 3 heteroatoms. The van der Waals surface area contributed by atoms with E-state index in [0.717, 1.165) is 10.9 Å². The summed E-state index contributed by atoms with van der Waals surface area (Å²) in [5, 5.41) is 0.888. The zero-order valence-electron chi connectivity index (χ0n) is 8.50. The maximum Gasteiger partial charge on any atom is 0.339 e. The molecule has 1 aromatic heterocycles. The first-order chi connectivity index (χ1) is 7.13. The van der Waals surface area contributed by atoms with Crippen LogP contribution in [0.3, 0.4) is 0 Å². The van der Waals surface area contributed by atoms with E-state index in [4.69, 9.17) is 11.0 Å². The van der Waals surface area contributed by atoms with E-state index >= 15 is 0 Å². The highest BCUT2D eigenvalue weighted by Crippen LogP contribution is 2.23. The van der Waals surface area contributed by atoms with Gasteiger partial charge < -0.3 is 4.42 Å². The summed E-state index contributed by atoms with van der Waals surface area (Å²) >= 11 is 0. The predicted octanol–water partition coefficient (Wildman–Crippen LogP) is 2.96. The van der Waals surface area contributed by atoms with Crippen LogP contribution in [0.2, 0.25) is 0 Å². The van der Waals surface area contributed by atoms with E-state index in [0.29, 0.717) is 16.8 Å². The summed E-state index contributed by atoms with van der Waals surface area (Å²) in [4.78, 5) is 14.7. The fourth-order valence-electron chi connectivity index (χ4n) is 1.51. The van der Waals surface area contributed by atoms with Crippen LogP contribution in [0, 0.1) is 20.4 Å². The van der Waals surface area contributed by atoms with Crippen molar-refractivity contribution in [2.75, 3.05) is 0 Å². The second-order valence-electron chi connectivity index (χ2n) is 3.43. The van der Waals surface area contributed by atoms with Gasteiger partial charge in [0.15, 0.2) is 5.69 Å². The van der Waals surface area contributed by atoms with Crippen molar-refractivity contribution in [1.82, 2.24) is 0 Å². The van der Waals surface area contributed by atoms with Gasteiger partial charge in [0, 0.05) is 10.9 Å². The molecule has 1 heterocycles. The van der Waals surface area contributed by atoms with Crippen molar-refractivity contribution in [3.8, 4) is 0 Å². The number of nitrogens with zero attached hydrogens (tertiary/aromatic N) is 1. The first-order valence-corrected chi connectivity index (χ1v) is 4.55. The number of hydrogen-bond donors (Lipinski definition) is 0. The molecule has 0 fully saturated rings. The molecule has 0 aliphatic carbocycles. The van der Waals surface area contributed by atoms with Crippen molar-refractivity contribution >= 4 is 16.7 Å². The van der Waals surface area contributed by atoms with Crippen molar-refractivity contribution in [2.45, 2.75) is 13.8 Å². The summed E-state index contributed by atoms with van der Waals surface area (Å²) < 4.78 is 5.12. The number of aryl methyl sites for hydroxylation is 1. The van der Waals surface area contributed by atoms with E-state index in [1.54, 1.807) is 19.1 Å². The van der Waals surface area contributed by atoms with Gasteiger partial charge in [-0.15, -0.1) is 0 Å². The molecule has 2 rings (SSSR count). The lowest BCUT2D eigenvalue weighted by atomic mass is 10.1. The average Bonchev–Trinajstić information content (AvgIpc) is 2.25. The molecular formula is C12H9NO2. The summed E-state index contributed by atoms with van der Waals surface area (Å²) in [5.41, 5.74) is 2.17. The van der Waals surface area contributed by atoms with Crippen LogP contribution in [0.25, 0.3) is 15.8 Å². The normalized spacial score (nSPS) is 10.2. The van der Waals surface area contributed by atoms with E-state index in [1.165, 1.54) is 0 Å². The molecule has 74 valence electrons. The summed E-state index contributed by atoms with van der Waals surface area (Å²) in [6.07, 6.45) is 0. The van der Waals surface area contributed by atoms with E-state index < -0.39 is 0 Å². The van der Waals surface area contributed by atoms with Gasteiger partial charge in [0.05, 0.1) is 6.57 Å². The maximum absolute atomic E-state index is 11.4. The Morgan fingerprint density at radius 3 is 2.67 bits per heavy atom. The van der Waals surface area contributed by atoms with Gasteiger partial charge in [0.25, 0.3) is 0 Å². The third-order valence-corrected chi connectivity index (χ3v) is 2.57. The van der Waals surface area contributed by atoms with Crippen LogP contribution < -0.4 is 5.63 Å². The molecule has 0 bridgehead atoms. The molecule has 0 atom stereocenters. The van der Waals surface area contributed by atoms with Gasteiger partial charge in [0.2, 0.25) is 0 Å². The summed E-state index contributed by atoms with van der Waals surface area (Å²) in [7, 11) is 0. The van der Waals surface area contributed by atoms with Crippen molar-refractivity contribution in [3.63, 3.8) is 0 Å². The highest BCUT2D eigenvalue weighted by molar-refractivity contribution is 5.84. The summed E-state index contributed by atoms with van der Waals surface area (Å²) in [6, 6.07) is 5.13. The standard InChI is InChI=1S/C12H9NO2/c1-7-8(2)12(14)15-11-6-9(13-3)4-5-10(7)11/h4-6H,1-2H3. The molecular weight excluding hydrogens is 190 g/mol. The second kappa shape index (κ2) is 3.25. The molecule has 0 N–H and O–H groups in total. The third-order valence-electron chi connectivity index (χ3n) is 2.57. The van der Waals surface area contributed by atoms with Crippen molar-refractivity contribution in [3.05, 3.63) is 51.2 Å². The zero-order valence-corrected chi connectivity index (χ0v) is 8.50. The smallest absolute Gasteiger partial charge is 0.339 e. The molecule has 0 amide bonds. The van der Waals surface area contributed by atoms with Crippen LogP contribution in [0.5, 0.6) is 0 Å². The largest absolute Gasteiger partial charge is 0.424 e. The number of rotatable bonds is 0. The molecule has 3 nitrogen and oxygen atoms in total. The van der Waals surface area contributed by atoms with Gasteiger partial charge in [-0.2, -0.15) is 0 Å². The second-order valence-corrected chi connectivity index (χ2v) is 3.43. The van der Waals surface area contributed by atoms with Crippen molar-refractivity contribution in [2.24, 2.45) is 0 Å². The molecule has 0 saturated heterocycles. The van der Waals surface area contributed by atoms with Crippen LogP contribution in [-0.2, 0) is 0 Å². The molecule has 15 heavy (non-hydrogen) atoms. The van der Waals surface area contributed by atoms with Gasteiger partial charge in [-0.3, -0.25) is 0 Å². The summed E-state index contributed by atoms with van der Waals surface area (Å²) in [6.45, 7) is 10.5. The van der Waals surface area contributed by atoms with Crippen molar-refractivity contribution in [1.29, 1.82) is 0 Å². The third kappa shape index (κ3) is 1.40. The van der Waals surface area contributed by atoms with Crippen LogP contribution in [0.15, 0.2) is 27.4 Å². The highest BCUT2D eigenvalue weighted by atomic mass is 16.4. The van der Waals surface area contributed by atoms with Crippen LogP contribution in [0.4, 0.5) is 5.69 Å². The SMILES string of the molecule is [C-]#[N+]c1ccc2c(C)c(C)c(=O)oc2c1. The van der Waals surface area contributed by atoms with E-state index in [9.17, 15) is 4.79 Å². The minimum Gasteiger partial charge on any atom is -0.424 e. The minimum atomic E-state index is -0.331. The Kier molecular flexibility index (Phi) is 2.05. The Morgan fingerprint density at radius 1 is 1.27 bits per heavy atom. The monoisotopic (exact) mass is 199 g/mol.